The summed E-state index contributed by atoms with van der Waals surface area (Å²) in [5.74, 6) is 0.0329. The Morgan fingerprint density at radius 3 is 2.23 bits per heavy atom. The second-order valence-corrected chi connectivity index (χ2v) is 9.74. The molecule has 1 heterocycles. The van der Waals surface area contributed by atoms with Gasteiger partial charge < -0.3 is 0 Å². The van der Waals surface area contributed by atoms with Gasteiger partial charge in [-0.1, -0.05) is 12.1 Å². The third-order valence-electron chi connectivity index (χ3n) is 7.77. The van der Waals surface area contributed by atoms with Gasteiger partial charge in [0.2, 0.25) is 5.91 Å². The Bertz CT molecular complexity index is 1170. The lowest BCUT2D eigenvalue weighted by atomic mass is 9.49. The molecule has 4 saturated carbocycles. The van der Waals surface area contributed by atoms with E-state index in [2.05, 4.69) is 5.43 Å². The molecule has 8 nitrogen and oxygen atoms in total. The second-order valence-electron chi connectivity index (χ2n) is 9.74. The van der Waals surface area contributed by atoms with Crippen molar-refractivity contribution in [2.75, 3.05) is 0 Å². The summed E-state index contributed by atoms with van der Waals surface area (Å²) in [6.07, 6.45) is 5.93. The van der Waals surface area contributed by atoms with E-state index >= 15 is 0 Å². The predicted octanol–water partition coefficient (Wildman–Crippen LogP) is 3.59. The first-order chi connectivity index (χ1) is 14.8. The number of imide groups is 1. The quantitative estimate of drug-likeness (QED) is 0.464. The number of rotatable bonds is 3. The van der Waals surface area contributed by atoms with Crippen molar-refractivity contribution in [3.05, 3.63) is 51.6 Å². The molecule has 0 radical (unpaired) electrons. The van der Waals surface area contributed by atoms with Gasteiger partial charge in [-0.05, 0) is 67.7 Å². The van der Waals surface area contributed by atoms with Gasteiger partial charge in [0.15, 0.2) is 0 Å². The van der Waals surface area contributed by atoms with E-state index < -0.39 is 22.2 Å². The summed E-state index contributed by atoms with van der Waals surface area (Å²) in [6.45, 7) is 0. The van der Waals surface area contributed by atoms with Crippen LogP contribution in [0, 0.1) is 33.3 Å². The lowest BCUT2D eigenvalue weighted by Gasteiger charge is -2.55. The monoisotopic (exact) mass is 419 g/mol. The van der Waals surface area contributed by atoms with Crippen molar-refractivity contribution < 1.29 is 19.3 Å². The maximum Gasteiger partial charge on any atom is 0.280 e. The highest BCUT2D eigenvalue weighted by molar-refractivity contribution is 6.26. The lowest BCUT2D eigenvalue weighted by Crippen LogP contribution is -2.59. The van der Waals surface area contributed by atoms with Crippen molar-refractivity contribution in [3.63, 3.8) is 0 Å². The number of nitrogens with zero attached hydrogens (tertiary/aromatic N) is 2. The van der Waals surface area contributed by atoms with Gasteiger partial charge in [0.25, 0.3) is 17.5 Å². The Kier molecular flexibility index (Phi) is 3.65. The molecule has 31 heavy (non-hydrogen) atoms. The predicted molar refractivity (Wildman–Crippen MR) is 110 cm³/mol. The molecule has 0 saturated heterocycles. The summed E-state index contributed by atoms with van der Waals surface area (Å²) in [7, 11) is 0. The van der Waals surface area contributed by atoms with E-state index in [0.717, 1.165) is 24.3 Å². The van der Waals surface area contributed by atoms with E-state index in [-0.39, 0.29) is 22.7 Å². The number of nitrogens with one attached hydrogen (secondary N) is 1. The minimum Gasteiger partial charge on any atom is -0.273 e. The normalized spacial score (nSPS) is 30.7. The molecule has 1 N–H and O–H groups in total. The lowest BCUT2D eigenvalue weighted by molar-refractivity contribution is -0.384. The molecule has 4 bridgehead atoms. The number of hydrazine groups is 1. The maximum absolute atomic E-state index is 13.4. The van der Waals surface area contributed by atoms with E-state index in [9.17, 15) is 24.5 Å². The smallest absolute Gasteiger partial charge is 0.273 e. The number of benzene rings is 2. The number of hydrogen-bond acceptors (Lipinski definition) is 5. The summed E-state index contributed by atoms with van der Waals surface area (Å²) in [5.41, 5.74) is 2.20. The second kappa shape index (κ2) is 6.12. The van der Waals surface area contributed by atoms with Crippen molar-refractivity contribution >= 4 is 34.2 Å². The van der Waals surface area contributed by atoms with Gasteiger partial charge >= 0.3 is 0 Å². The first kappa shape index (κ1) is 18.5. The number of amides is 3. The van der Waals surface area contributed by atoms with Gasteiger partial charge in [-0.2, -0.15) is 5.01 Å². The Labute approximate surface area is 177 Å². The van der Waals surface area contributed by atoms with Crippen LogP contribution in [0.3, 0.4) is 0 Å². The molecule has 5 aliphatic rings. The summed E-state index contributed by atoms with van der Waals surface area (Å²) in [6, 6.07) is 7.38. The maximum atomic E-state index is 13.4. The van der Waals surface area contributed by atoms with Crippen LogP contribution in [0.4, 0.5) is 5.69 Å². The van der Waals surface area contributed by atoms with Gasteiger partial charge in [0.1, 0.15) is 0 Å². The molecule has 1 aliphatic heterocycles. The third-order valence-corrected chi connectivity index (χ3v) is 7.77. The fraction of sp³-hybridized carbons (Fsp3) is 0.435. The van der Waals surface area contributed by atoms with Crippen molar-refractivity contribution in [2.45, 2.75) is 38.5 Å². The summed E-state index contributed by atoms with van der Waals surface area (Å²) in [4.78, 5) is 50.6. The molecule has 158 valence electrons. The molecule has 0 atom stereocenters. The Morgan fingerprint density at radius 1 is 1.00 bits per heavy atom. The van der Waals surface area contributed by atoms with Crippen LogP contribution in [-0.4, -0.2) is 27.7 Å². The molecular formula is C23H21N3O5. The number of nitro groups is 1. The van der Waals surface area contributed by atoms with Crippen molar-refractivity contribution in [1.29, 1.82) is 0 Å². The number of nitro benzene ring substituents is 1. The van der Waals surface area contributed by atoms with Crippen LogP contribution >= 0.6 is 0 Å². The molecule has 0 aromatic heterocycles. The summed E-state index contributed by atoms with van der Waals surface area (Å²) < 4.78 is 0. The number of carbonyl (C=O) groups is 3. The highest BCUT2D eigenvalue weighted by Crippen LogP contribution is 2.60. The molecule has 3 amide bonds. The highest BCUT2D eigenvalue weighted by Gasteiger charge is 2.55. The van der Waals surface area contributed by atoms with Gasteiger partial charge in [-0.3, -0.25) is 29.9 Å². The number of hydrogen-bond donors (Lipinski definition) is 1. The average molecular weight is 419 g/mol. The molecular weight excluding hydrogens is 398 g/mol. The fourth-order valence-corrected chi connectivity index (χ4v) is 6.91. The zero-order chi connectivity index (χ0) is 21.5. The topological polar surface area (TPSA) is 110 Å². The fourth-order valence-electron chi connectivity index (χ4n) is 6.91. The van der Waals surface area contributed by atoms with E-state index in [0.29, 0.717) is 28.5 Å². The molecule has 0 unspecified atom stereocenters. The average Bonchev–Trinajstić information content (AvgIpc) is 2.73. The van der Waals surface area contributed by atoms with Gasteiger partial charge in [-0.15, -0.1) is 0 Å². The van der Waals surface area contributed by atoms with E-state index in [1.807, 2.05) is 0 Å². The minimum atomic E-state index is -0.726. The first-order valence-electron chi connectivity index (χ1n) is 10.8. The zero-order valence-electron chi connectivity index (χ0n) is 16.8. The summed E-state index contributed by atoms with van der Waals surface area (Å²) >= 11 is 0. The molecule has 4 aliphatic carbocycles. The van der Waals surface area contributed by atoms with Gasteiger partial charge in [0.05, 0.1) is 21.5 Å². The molecule has 4 fully saturated rings. The van der Waals surface area contributed by atoms with Crippen LogP contribution in [0.5, 0.6) is 0 Å². The van der Waals surface area contributed by atoms with Crippen LogP contribution in [0.15, 0.2) is 30.3 Å². The SMILES string of the molecule is O=C1c2cccc3cc([N+](=O)[O-])cc(c23)C(=O)N1NC(=O)C12CC3CC(CC(C3)C1)C2. The van der Waals surface area contributed by atoms with Crippen LogP contribution in [0.25, 0.3) is 10.8 Å². The van der Waals surface area contributed by atoms with Gasteiger partial charge in [0, 0.05) is 17.5 Å². The van der Waals surface area contributed by atoms with E-state index in [4.69, 9.17) is 0 Å². The Balaban J connectivity index is 1.37. The van der Waals surface area contributed by atoms with Crippen molar-refractivity contribution in [3.8, 4) is 0 Å². The molecule has 7 rings (SSSR count). The molecule has 2 aromatic rings. The molecule has 2 aromatic carbocycles. The van der Waals surface area contributed by atoms with Crippen molar-refractivity contribution in [1.82, 2.24) is 10.4 Å². The highest BCUT2D eigenvalue weighted by atomic mass is 16.6. The van der Waals surface area contributed by atoms with E-state index in [1.165, 1.54) is 31.4 Å². The zero-order valence-corrected chi connectivity index (χ0v) is 16.8. The van der Waals surface area contributed by atoms with Crippen LogP contribution in [-0.2, 0) is 4.79 Å². The number of carbonyl (C=O) groups excluding carboxylic acids is 3. The van der Waals surface area contributed by atoms with Gasteiger partial charge in [-0.25, -0.2) is 0 Å². The van der Waals surface area contributed by atoms with Crippen LogP contribution in [0.2, 0.25) is 0 Å². The van der Waals surface area contributed by atoms with Crippen LogP contribution < -0.4 is 5.43 Å². The Morgan fingerprint density at radius 2 is 1.61 bits per heavy atom. The standard InChI is InChI=1S/C23H21N3O5/c27-20-17-3-1-2-15-7-16(26(30)31)8-18(19(15)17)21(28)25(20)24-22(29)23-9-12-4-13(10-23)6-14(5-12)11-23/h1-3,7-8,12-14H,4-6,9-11H2,(H,24,29). The van der Waals surface area contributed by atoms with Crippen molar-refractivity contribution in [2.24, 2.45) is 23.2 Å². The summed E-state index contributed by atoms with van der Waals surface area (Å²) in [5, 5.41) is 13.0. The number of non-ortho nitro benzene ring substituents is 1. The first-order valence-corrected chi connectivity index (χ1v) is 10.8. The molecule has 0 spiro atoms. The molecule has 8 heteroatoms. The Hall–Kier alpha value is -3.29. The third kappa shape index (κ3) is 2.57. The minimum absolute atomic E-state index is 0.0604. The van der Waals surface area contributed by atoms with Crippen LogP contribution in [0.1, 0.15) is 59.2 Å². The van der Waals surface area contributed by atoms with E-state index in [1.54, 1.807) is 18.2 Å². The largest absolute Gasteiger partial charge is 0.280 e.